The molecule has 5 nitrogen and oxygen atoms in total. The lowest BCUT2D eigenvalue weighted by Gasteiger charge is -2.10. The van der Waals surface area contributed by atoms with Crippen molar-refractivity contribution >= 4 is 29.1 Å². The molecular formula is C13H18ClN3O2. The number of nitrogens with two attached hydrogens (primary N) is 1. The van der Waals surface area contributed by atoms with Crippen LogP contribution in [0.1, 0.15) is 29.6 Å². The zero-order valence-electron chi connectivity index (χ0n) is 10.8. The third-order valence-electron chi connectivity index (χ3n) is 2.63. The standard InChI is InChI=1S/C13H18ClN3O2/c1-16-11-6-5-9(14)8-10(11)13(19)17-7-3-2-4-12(15)18/h5-6,8,16H,2-4,7H2,1H3,(H2,15,18)(H,17,19). The van der Waals surface area contributed by atoms with Crippen molar-refractivity contribution in [1.29, 1.82) is 0 Å². The van der Waals surface area contributed by atoms with E-state index in [4.69, 9.17) is 17.3 Å². The average molecular weight is 284 g/mol. The van der Waals surface area contributed by atoms with Crippen LogP contribution in [-0.4, -0.2) is 25.4 Å². The highest BCUT2D eigenvalue weighted by atomic mass is 35.5. The summed E-state index contributed by atoms with van der Waals surface area (Å²) in [5, 5.41) is 6.24. The maximum atomic E-state index is 12.0. The highest BCUT2D eigenvalue weighted by molar-refractivity contribution is 6.31. The molecule has 2 amide bonds. The molecule has 1 aromatic rings. The van der Waals surface area contributed by atoms with E-state index in [-0.39, 0.29) is 11.8 Å². The minimum absolute atomic E-state index is 0.189. The molecule has 0 spiro atoms. The maximum Gasteiger partial charge on any atom is 0.253 e. The predicted octanol–water partition coefficient (Wildman–Crippen LogP) is 1.77. The van der Waals surface area contributed by atoms with E-state index < -0.39 is 0 Å². The molecule has 104 valence electrons. The SMILES string of the molecule is CNc1ccc(Cl)cc1C(=O)NCCCCC(N)=O. The van der Waals surface area contributed by atoms with Crippen molar-refractivity contribution < 1.29 is 9.59 Å². The quantitative estimate of drug-likeness (QED) is 0.667. The number of rotatable bonds is 7. The Labute approximate surface area is 117 Å². The summed E-state index contributed by atoms with van der Waals surface area (Å²) >= 11 is 5.88. The zero-order chi connectivity index (χ0) is 14.3. The zero-order valence-corrected chi connectivity index (χ0v) is 11.6. The summed E-state index contributed by atoms with van der Waals surface area (Å²) in [6.07, 6.45) is 1.73. The number of amides is 2. The molecule has 4 N–H and O–H groups in total. The summed E-state index contributed by atoms with van der Waals surface area (Å²) < 4.78 is 0. The number of hydrogen-bond donors (Lipinski definition) is 3. The second-order valence-electron chi connectivity index (χ2n) is 4.12. The molecule has 19 heavy (non-hydrogen) atoms. The molecule has 1 aromatic carbocycles. The van der Waals surface area contributed by atoms with Crippen LogP contribution in [0.5, 0.6) is 0 Å². The third kappa shape index (κ3) is 5.18. The molecule has 0 atom stereocenters. The Kier molecular flexibility index (Phi) is 6.15. The van der Waals surface area contributed by atoms with Crippen molar-refractivity contribution in [2.75, 3.05) is 18.9 Å². The van der Waals surface area contributed by atoms with Crippen LogP contribution < -0.4 is 16.4 Å². The summed E-state index contributed by atoms with van der Waals surface area (Å²) in [7, 11) is 1.74. The van der Waals surface area contributed by atoms with Gasteiger partial charge in [-0.2, -0.15) is 0 Å². The van der Waals surface area contributed by atoms with Gasteiger partial charge in [-0.3, -0.25) is 9.59 Å². The van der Waals surface area contributed by atoms with Gasteiger partial charge in [-0.1, -0.05) is 11.6 Å². The molecule has 0 aliphatic carbocycles. The van der Waals surface area contributed by atoms with Gasteiger partial charge in [0.25, 0.3) is 5.91 Å². The predicted molar refractivity (Wildman–Crippen MR) is 76.4 cm³/mol. The van der Waals surface area contributed by atoms with Crippen molar-refractivity contribution in [2.45, 2.75) is 19.3 Å². The fourth-order valence-corrected chi connectivity index (χ4v) is 1.82. The number of anilines is 1. The number of carbonyl (C=O) groups excluding carboxylic acids is 2. The first-order chi connectivity index (χ1) is 9.04. The summed E-state index contributed by atoms with van der Waals surface area (Å²) in [6.45, 7) is 0.502. The van der Waals surface area contributed by atoms with Crippen molar-refractivity contribution in [3.63, 3.8) is 0 Å². The highest BCUT2D eigenvalue weighted by Crippen LogP contribution is 2.20. The Morgan fingerprint density at radius 1 is 1.32 bits per heavy atom. The minimum atomic E-state index is -0.321. The van der Waals surface area contributed by atoms with Gasteiger partial charge in [0.1, 0.15) is 0 Å². The minimum Gasteiger partial charge on any atom is -0.387 e. The van der Waals surface area contributed by atoms with Crippen LogP contribution in [0.25, 0.3) is 0 Å². The molecule has 0 aliphatic heterocycles. The molecular weight excluding hydrogens is 266 g/mol. The van der Waals surface area contributed by atoms with E-state index in [0.29, 0.717) is 36.4 Å². The van der Waals surface area contributed by atoms with E-state index in [9.17, 15) is 9.59 Å². The topological polar surface area (TPSA) is 84.2 Å². The van der Waals surface area contributed by atoms with Crippen LogP contribution in [0.4, 0.5) is 5.69 Å². The van der Waals surface area contributed by atoms with Crippen molar-refractivity contribution in [3.05, 3.63) is 28.8 Å². The lowest BCUT2D eigenvalue weighted by atomic mass is 10.1. The van der Waals surface area contributed by atoms with Gasteiger partial charge in [0.2, 0.25) is 5.91 Å². The molecule has 0 aliphatic rings. The molecule has 0 radical (unpaired) electrons. The summed E-state index contributed by atoms with van der Waals surface area (Å²) in [6, 6.07) is 5.09. The molecule has 0 saturated carbocycles. The maximum absolute atomic E-state index is 12.0. The van der Waals surface area contributed by atoms with E-state index in [1.807, 2.05) is 0 Å². The van der Waals surface area contributed by atoms with E-state index >= 15 is 0 Å². The molecule has 1 rings (SSSR count). The monoisotopic (exact) mass is 283 g/mol. The van der Waals surface area contributed by atoms with Crippen LogP contribution >= 0.6 is 11.6 Å². The second kappa shape index (κ2) is 7.63. The Morgan fingerprint density at radius 3 is 2.68 bits per heavy atom. The fraction of sp³-hybridized carbons (Fsp3) is 0.385. The van der Waals surface area contributed by atoms with Crippen molar-refractivity contribution in [1.82, 2.24) is 5.32 Å². The van der Waals surface area contributed by atoms with E-state index in [1.54, 1.807) is 25.2 Å². The average Bonchev–Trinajstić information content (AvgIpc) is 2.37. The van der Waals surface area contributed by atoms with Gasteiger partial charge in [0.05, 0.1) is 5.56 Å². The van der Waals surface area contributed by atoms with Gasteiger partial charge in [-0.25, -0.2) is 0 Å². The molecule has 0 heterocycles. The Balaban J connectivity index is 2.49. The molecule has 0 fully saturated rings. The molecule has 0 aromatic heterocycles. The van der Waals surface area contributed by atoms with Gasteiger partial charge in [-0.15, -0.1) is 0 Å². The van der Waals surface area contributed by atoms with Crippen LogP contribution in [0.3, 0.4) is 0 Å². The number of benzene rings is 1. The molecule has 0 unspecified atom stereocenters. The normalized spacial score (nSPS) is 10.0. The first-order valence-electron chi connectivity index (χ1n) is 6.08. The summed E-state index contributed by atoms with van der Waals surface area (Å²) in [5.41, 5.74) is 6.26. The van der Waals surface area contributed by atoms with Crippen molar-refractivity contribution in [2.24, 2.45) is 5.73 Å². The van der Waals surface area contributed by atoms with Gasteiger partial charge >= 0.3 is 0 Å². The number of carbonyl (C=O) groups is 2. The Hall–Kier alpha value is -1.75. The summed E-state index contributed by atoms with van der Waals surface area (Å²) in [5.74, 6) is -0.510. The van der Waals surface area contributed by atoms with Gasteiger partial charge in [0, 0.05) is 30.7 Å². The largest absolute Gasteiger partial charge is 0.387 e. The lowest BCUT2D eigenvalue weighted by molar-refractivity contribution is -0.118. The van der Waals surface area contributed by atoms with E-state index in [1.165, 1.54) is 0 Å². The molecule has 6 heteroatoms. The van der Waals surface area contributed by atoms with Crippen LogP contribution in [-0.2, 0) is 4.79 Å². The van der Waals surface area contributed by atoms with Crippen LogP contribution in [0, 0.1) is 0 Å². The summed E-state index contributed by atoms with van der Waals surface area (Å²) in [4.78, 5) is 22.5. The second-order valence-corrected chi connectivity index (χ2v) is 4.56. The molecule has 0 bridgehead atoms. The van der Waals surface area contributed by atoms with E-state index in [0.717, 1.165) is 5.69 Å². The Bertz CT molecular complexity index is 463. The van der Waals surface area contributed by atoms with Gasteiger partial charge in [0.15, 0.2) is 0 Å². The van der Waals surface area contributed by atoms with Crippen LogP contribution in [0.2, 0.25) is 5.02 Å². The highest BCUT2D eigenvalue weighted by Gasteiger charge is 2.10. The van der Waals surface area contributed by atoms with Crippen molar-refractivity contribution in [3.8, 4) is 0 Å². The number of nitrogens with one attached hydrogen (secondary N) is 2. The molecule has 0 saturated heterocycles. The number of unbranched alkanes of at least 4 members (excludes halogenated alkanes) is 1. The smallest absolute Gasteiger partial charge is 0.253 e. The van der Waals surface area contributed by atoms with Gasteiger partial charge < -0.3 is 16.4 Å². The number of primary amides is 1. The first kappa shape index (κ1) is 15.3. The fourth-order valence-electron chi connectivity index (χ4n) is 1.64. The first-order valence-corrected chi connectivity index (χ1v) is 6.46. The lowest BCUT2D eigenvalue weighted by Crippen LogP contribution is -2.25. The Morgan fingerprint density at radius 2 is 2.05 bits per heavy atom. The van der Waals surface area contributed by atoms with Crippen LogP contribution in [0.15, 0.2) is 18.2 Å². The number of halogens is 1. The van der Waals surface area contributed by atoms with Gasteiger partial charge in [-0.05, 0) is 31.0 Å². The van der Waals surface area contributed by atoms with E-state index in [2.05, 4.69) is 10.6 Å². The third-order valence-corrected chi connectivity index (χ3v) is 2.87. The number of hydrogen-bond acceptors (Lipinski definition) is 3.